The number of nitrogens with zero attached hydrogens (tertiary/aromatic N) is 3. The number of para-hydroxylation sites is 1. The Hall–Kier alpha value is -4.72. The van der Waals surface area contributed by atoms with E-state index in [4.69, 9.17) is 10.2 Å². The Morgan fingerprint density at radius 2 is 1.33 bits per heavy atom. The molecule has 0 bridgehead atoms. The van der Waals surface area contributed by atoms with Gasteiger partial charge in [-0.25, -0.2) is 4.98 Å². The van der Waals surface area contributed by atoms with Crippen molar-refractivity contribution in [2.24, 2.45) is 0 Å². The van der Waals surface area contributed by atoms with E-state index in [-0.39, 0.29) is 0 Å². The molecule has 0 N–H and O–H groups in total. The van der Waals surface area contributed by atoms with Crippen molar-refractivity contribution in [3.63, 3.8) is 0 Å². The van der Waals surface area contributed by atoms with Gasteiger partial charge in [0.05, 0.1) is 32.9 Å². The van der Waals surface area contributed by atoms with E-state index in [1.807, 2.05) is 30.3 Å². The summed E-state index contributed by atoms with van der Waals surface area (Å²) in [4.78, 5) is 4.99. The second kappa shape index (κ2) is 8.20. The van der Waals surface area contributed by atoms with Crippen LogP contribution in [0.1, 0.15) is 5.56 Å². The van der Waals surface area contributed by atoms with E-state index in [1.165, 1.54) is 26.5 Å². The Bertz CT molecular complexity index is 1920. The summed E-state index contributed by atoms with van der Waals surface area (Å²) in [6.45, 7) is 0. The average Bonchev–Trinajstić information content (AvgIpc) is 3.53. The number of hydrogen-bond acceptors (Lipinski definition) is 3. The molecule has 0 atom stereocenters. The zero-order valence-electron chi connectivity index (χ0n) is 19.2. The molecule has 168 valence electrons. The molecule has 5 aromatic carbocycles. The van der Waals surface area contributed by atoms with Crippen LogP contribution in [0.2, 0.25) is 0 Å². The molecule has 2 aromatic heterocycles. The summed E-state index contributed by atoms with van der Waals surface area (Å²) in [5.74, 6) is 0. The molecule has 2 heterocycles. The lowest BCUT2D eigenvalue weighted by atomic mass is 10.0. The fraction of sp³-hybridized carbons (Fsp3) is 0. The van der Waals surface area contributed by atoms with Gasteiger partial charge in [-0.3, -0.25) is 0 Å². The van der Waals surface area contributed by atoms with E-state index in [9.17, 15) is 0 Å². The van der Waals surface area contributed by atoms with E-state index in [0.717, 1.165) is 32.9 Å². The van der Waals surface area contributed by atoms with Crippen molar-refractivity contribution in [1.82, 2.24) is 9.55 Å². The summed E-state index contributed by atoms with van der Waals surface area (Å²) in [6, 6.07) is 41.9. The highest BCUT2D eigenvalue weighted by atomic mass is 32.1. The molecule has 0 amide bonds. The lowest BCUT2D eigenvalue weighted by Gasteiger charge is -2.10. The van der Waals surface area contributed by atoms with Gasteiger partial charge in [0.2, 0.25) is 0 Å². The average molecular weight is 478 g/mol. The van der Waals surface area contributed by atoms with E-state index in [0.29, 0.717) is 5.56 Å². The zero-order chi connectivity index (χ0) is 24.1. The Kier molecular flexibility index (Phi) is 4.70. The van der Waals surface area contributed by atoms with Crippen molar-refractivity contribution >= 4 is 43.4 Å². The largest absolute Gasteiger partial charge is 0.308 e. The maximum atomic E-state index is 9.10. The van der Waals surface area contributed by atoms with Crippen LogP contribution in [0.5, 0.6) is 0 Å². The van der Waals surface area contributed by atoms with Gasteiger partial charge < -0.3 is 4.57 Å². The molecule has 0 saturated heterocycles. The Morgan fingerprint density at radius 1 is 0.639 bits per heavy atom. The van der Waals surface area contributed by atoms with Crippen LogP contribution < -0.4 is 0 Å². The lowest BCUT2D eigenvalue weighted by molar-refractivity contribution is 1.19. The highest BCUT2D eigenvalue weighted by Gasteiger charge is 2.18. The Morgan fingerprint density at radius 3 is 2.08 bits per heavy atom. The summed E-state index contributed by atoms with van der Waals surface area (Å²) >= 11 is 1.75. The van der Waals surface area contributed by atoms with Crippen LogP contribution >= 0.6 is 11.3 Å². The highest BCUT2D eigenvalue weighted by Crippen LogP contribution is 2.40. The normalized spacial score (nSPS) is 11.3. The van der Waals surface area contributed by atoms with Gasteiger partial charge in [0.25, 0.3) is 0 Å². The number of nitriles is 1. The molecule has 7 rings (SSSR count). The molecule has 0 aliphatic rings. The third-order valence-electron chi connectivity index (χ3n) is 6.68. The van der Waals surface area contributed by atoms with Crippen molar-refractivity contribution < 1.29 is 0 Å². The van der Waals surface area contributed by atoms with Crippen LogP contribution in [0.25, 0.3) is 59.4 Å². The molecule has 0 aliphatic heterocycles. The van der Waals surface area contributed by atoms with E-state index in [1.54, 1.807) is 11.3 Å². The molecule has 0 spiro atoms. The number of fused-ring (bicyclic) bond motifs is 5. The van der Waals surface area contributed by atoms with Gasteiger partial charge in [-0.2, -0.15) is 5.26 Å². The second-order valence-corrected chi connectivity index (χ2v) is 9.78. The molecule has 4 heteroatoms. The third-order valence-corrected chi connectivity index (χ3v) is 7.81. The molecule has 3 nitrogen and oxygen atoms in total. The van der Waals surface area contributed by atoms with Crippen molar-refractivity contribution in [1.29, 1.82) is 5.26 Å². The van der Waals surface area contributed by atoms with Crippen molar-refractivity contribution in [3.8, 4) is 33.5 Å². The van der Waals surface area contributed by atoms with Crippen LogP contribution in [0.15, 0.2) is 115 Å². The number of aromatic nitrogens is 2. The second-order valence-electron chi connectivity index (χ2n) is 8.78. The Labute approximate surface area is 212 Å². The topological polar surface area (TPSA) is 41.6 Å². The first-order valence-electron chi connectivity index (χ1n) is 11.8. The standard InChI is InChI=1S/C32H19N3S/c33-20-21-10-12-22(13-11-21)23-14-16-25(17-15-23)35-29-9-5-4-8-26(29)27-18-19-28-31(30(27)35)36-32(34-28)24-6-2-1-3-7-24/h1-19H. The molecular formula is C32H19N3S. The fourth-order valence-electron chi connectivity index (χ4n) is 4.95. The first-order valence-corrected chi connectivity index (χ1v) is 12.6. The summed E-state index contributed by atoms with van der Waals surface area (Å²) in [6.07, 6.45) is 0. The molecule has 0 unspecified atom stereocenters. The van der Waals surface area contributed by atoms with E-state index < -0.39 is 0 Å². The predicted octanol–water partition coefficient (Wildman–Crippen LogP) is 8.60. The predicted molar refractivity (Wildman–Crippen MR) is 150 cm³/mol. The van der Waals surface area contributed by atoms with Gasteiger partial charge in [-0.05, 0) is 53.6 Å². The summed E-state index contributed by atoms with van der Waals surface area (Å²) in [7, 11) is 0. The van der Waals surface area contributed by atoms with Crippen molar-refractivity contribution in [2.75, 3.05) is 0 Å². The third kappa shape index (κ3) is 3.22. The maximum absolute atomic E-state index is 9.10. The van der Waals surface area contributed by atoms with Gasteiger partial charge in [0, 0.05) is 22.0 Å². The molecule has 0 fully saturated rings. The minimum Gasteiger partial charge on any atom is -0.308 e. The van der Waals surface area contributed by atoms with Gasteiger partial charge in [0.15, 0.2) is 0 Å². The first kappa shape index (κ1) is 20.6. The minimum absolute atomic E-state index is 0.670. The van der Waals surface area contributed by atoms with Crippen LogP contribution in [-0.4, -0.2) is 9.55 Å². The lowest BCUT2D eigenvalue weighted by Crippen LogP contribution is -1.94. The molecule has 0 radical (unpaired) electrons. The van der Waals surface area contributed by atoms with Crippen LogP contribution in [-0.2, 0) is 0 Å². The summed E-state index contributed by atoms with van der Waals surface area (Å²) in [5.41, 5.74) is 8.54. The smallest absolute Gasteiger partial charge is 0.124 e. The number of thiazole rings is 1. The molecule has 36 heavy (non-hydrogen) atoms. The maximum Gasteiger partial charge on any atom is 0.124 e. The van der Waals surface area contributed by atoms with Crippen molar-refractivity contribution in [3.05, 3.63) is 121 Å². The van der Waals surface area contributed by atoms with E-state index in [2.05, 4.69) is 95.6 Å². The van der Waals surface area contributed by atoms with Gasteiger partial charge in [-0.1, -0.05) is 72.8 Å². The highest BCUT2D eigenvalue weighted by molar-refractivity contribution is 7.22. The summed E-state index contributed by atoms with van der Waals surface area (Å²) in [5, 5.41) is 12.6. The number of benzene rings is 5. The molecule has 0 aliphatic carbocycles. The van der Waals surface area contributed by atoms with E-state index >= 15 is 0 Å². The Balaban J connectivity index is 1.45. The SMILES string of the molecule is N#Cc1ccc(-c2ccc(-n3c4ccccc4c4ccc5nc(-c6ccccc6)sc5c43)cc2)cc1. The van der Waals surface area contributed by atoms with Gasteiger partial charge in [-0.15, -0.1) is 11.3 Å². The number of hydrogen-bond donors (Lipinski definition) is 0. The molecule has 0 saturated carbocycles. The minimum atomic E-state index is 0.670. The zero-order valence-corrected chi connectivity index (χ0v) is 20.0. The first-order chi connectivity index (χ1) is 17.8. The monoisotopic (exact) mass is 477 g/mol. The molecular weight excluding hydrogens is 458 g/mol. The van der Waals surface area contributed by atoms with Crippen LogP contribution in [0, 0.1) is 11.3 Å². The molecule has 7 aromatic rings. The van der Waals surface area contributed by atoms with Gasteiger partial charge in [0.1, 0.15) is 5.01 Å². The number of rotatable bonds is 3. The quantitative estimate of drug-likeness (QED) is 0.256. The van der Waals surface area contributed by atoms with Crippen molar-refractivity contribution in [2.45, 2.75) is 0 Å². The van der Waals surface area contributed by atoms with Gasteiger partial charge >= 0.3 is 0 Å². The fourth-order valence-corrected chi connectivity index (χ4v) is 6.05. The summed E-state index contributed by atoms with van der Waals surface area (Å²) < 4.78 is 3.56. The van der Waals surface area contributed by atoms with Crippen LogP contribution in [0.3, 0.4) is 0 Å². The van der Waals surface area contributed by atoms with Crippen LogP contribution in [0.4, 0.5) is 0 Å².